The number of methoxy groups -OCH3 is 1. The summed E-state index contributed by atoms with van der Waals surface area (Å²) in [6.07, 6.45) is -9.36. The van der Waals surface area contributed by atoms with Crippen molar-refractivity contribution in [1.82, 2.24) is 0 Å². The van der Waals surface area contributed by atoms with Gasteiger partial charge in [0.25, 0.3) is 0 Å². The Balaban J connectivity index is 3.41. The van der Waals surface area contributed by atoms with Crippen molar-refractivity contribution in [3.05, 3.63) is 0 Å². The maximum absolute atomic E-state index is 11.0. The second-order valence-corrected chi connectivity index (χ2v) is 7.80. The van der Waals surface area contributed by atoms with Gasteiger partial charge in [-0.2, -0.15) is 25.3 Å². The number of ether oxygens (including phenoxy) is 2. The molecular formula is C8H16O14S3. The van der Waals surface area contributed by atoms with E-state index in [1.807, 2.05) is 0 Å². The standard InChI is InChI=1S/C8H16O14S3/c1-3-4-5(20-23(9,10)11)6(21-24(12,13)14)7(8(18-2)19-4)22-25(15,16)17/h4-8H,3H2,1-2H3,(H,9,10,11)(H,12,13,14)(H,15,16,17)/t4-,5?,6+,7-,8+/m1/s1. The Morgan fingerprint density at radius 3 is 1.56 bits per heavy atom. The Morgan fingerprint density at radius 1 is 0.800 bits per heavy atom. The van der Waals surface area contributed by atoms with E-state index in [1.165, 1.54) is 6.92 Å². The van der Waals surface area contributed by atoms with Crippen molar-refractivity contribution in [1.29, 1.82) is 0 Å². The summed E-state index contributed by atoms with van der Waals surface area (Å²) in [7, 11) is -14.7. The van der Waals surface area contributed by atoms with Gasteiger partial charge < -0.3 is 9.47 Å². The molecule has 5 atom stereocenters. The van der Waals surface area contributed by atoms with Crippen molar-refractivity contribution in [3.63, 3.8) is 0 Å². The van der Waals surface area contributed by atoms with Crippen LogP contribution in [0.4, 0.5) is 0 Å². The summed E-state index contributed by atoms with van der Waals surface area (Å²) in [6, 6.07) is 0. The van der Waals surface area contributed by atoms with Gasteiger partial charge in [0.2, 0.25) is 0 Å². The lowest BCUT2D eigenvalue weighted by atomic mass is 9.97. The zero-order valence-electron chi connectivity index (χ0n) is 12.7. The Morgan fingerprint density at radius 2 is 1.20 bits per heavy atom. The SMILES string of the molecule is CC[C@H]1O[C@H](OC)[C@H](OS(=O)(=O)O)[C@@H](OS(=O)(=O)O)C1OS(=O)(=O)O. The number of hydrogen-bond donors (Lipinski definition) is 3. The molecule has 1 saturated heterocycles. The molecular weight excluding hydrogens is 416 g/mol. The Bertz CT molecular complexity index is 706. The molecule has 1 aliphatic rings. The Hall–Kier alpha value is -0.470. The molecule has 25 heavy (non-hydrogen) atoms. The lowest BCUT2D eigenvalue weighted by molar-refractivity contribution is -0.275. The second-order valence-electron chi connectivity index (χ2n) is 4.65. The van der Waals surface area contributed by atoms with Crippen LogP contribution in [0, 0.1) is 0 Å². The van der Waals surface area contributed by atoms with Crippen LogP contribution in [-0.4, -0.2) is 76.7 Å². The van der Waals surface area contributed by atoms with E-state index >= 15 is 0 Å². The zero-order valence-corrected chi connectivity index (χ0v) is 15.1. The molecule has 1 rings (SSSR count). The van der Waals surface area contributed by atoms with Crippen LogP contribution in [0.15, 0.2) is 0 Å². The monoisotopic (exact) mass is 432 g/mol. The van der Waals surface area contributed by atoms with Gasteiger partial charge in [-0.1, -0.05) is 6.92 Å². The molecule has 1 fully saturated rings. The first-order chi connectivity index (χ1) is 11.2. The van der Waals surface area contributed by atoms with Gasteiger partial charge >= 0.3 is 31.2 Å². The fourth-order valence-corrected chi connectivity index (χ4v) is 3.64. The van der Waals surface area contributed by atoms with Crippen molar-refractivity contribution in [2.45, 2.75) is 44.1 Å². The summed E-state index contributed by atoms with van der Waals surface area (Å²) in [6.45, 7) is 1.44. The van der Waals surface area contributed by atoms with Crippen LogP contribution in [0.1, 0.15) is 13.3 Å². The third kappa shape index (κ3) is 7.35. The van der Waals surface area contributed by atoms with Crippen molar-refractivity contribution in [3.8, 4) is 0 Å². The van der Waals surface area contributed by atoms with Crippen LogP contribution in [0.5, 0.6) is 0 Å². The normalized spacial score (nSPS) is 31.8. The fraction of sp³-hybridized carbons (Fsp3) is 1.00. The van der Waals surface area contributed by atoms with Gasteiger partial charge in [0.15, 0.2) is 12.4 Å². The molecule has 0 saturated carbocycles. The highest BCUT2D eigenvalue weighted by Crippen LogP contribution is 2.32. The molecule has 0 spiro atoms. The maximum Gasteiger partial charge on any atom is 0.397 e. The summed E-state index contributed by atoms with van der Waals surface area (Å²) in [4.78, 5) is 0. The minimum Gasteiger partial charge on any atom is -0.353 e. The van der Waals surface area contributed by atoms with Crippen LogP contribution >= 0.6 is 0 Å². The van der Waals surface area contributed by atoms with Gasteiger partial charge in [0.05, 0.1) is 6.10 Å². The lowest BCUT2D eigenvalue weighted by Gasteiger charge is -2.42. The number of hydrogen-bond acceptors (Lipinski definition) is 11. The van der Waals surface area contributed by atoms with E-state index in [1.54, 1.807) is 0 Å². The van der Waals surface area contributed by atoms with Gasteiger partial charge in [-0.3, -0.25) is 13.7 Å². The van der Waals surface area contributed by atoms with Crippen LogP contribution < -0.4 is 0 Å². The molecule has 1 unspecified atom stereocenters. The van der Waals surface area contributed by atoms with Crippen molar-refractivity contribution in [2.75, 3.05) is 7.11 Å². The van der Waals surface area contributed by atoms with Crippen molar-refractivity contribution >= 4 is 31.2 Å². The minimum atomic E-state index is -5.29. The van der Waals surface area contributed by atoms with Gasteiger partial charge in [-0.05, 0) is 6.42 Å². The predicted octanol–water partition coefficient (Wildman–Crippen LogP) is -1.67. The Kier molecular flexibility index (Phi) is 7.26. The van der Waals surface area contributed by atoms with E-state index in [2.05, 4.69) is 12.5 Å². The van der Waals surface area contributed by atoms with Gasteiger partial charge in [0.1, 0.15) is 12.2 Å². The highest BCUT2D eigenvalue weighted by molar-refractivity contribution is 7.81. The highest BCUT2D eigenvalue weighted by Gasteiger charge is 2.53. The second kappa shape index (κ2) is 8.05. The third-order valence-electron chi connectivity index (χ3n) is 2.92. The van der Waals surface area contributed by atoms with Gasteiger partial charge in [0, 0.05) is 7.11 Å². The van der Waals surface area contributed by atoms with E-state index < -0.39 is 61.9 Å². The molecule has 0 bridgehead atoms. The molecule has 1 heterocycles. The average molecular weight is 432 g/mol. The summed E-state index contributed by atoms with van der Waals surface area (Å²) >= 11 is 0. The topological polar surface area (TPSA) is 209 Å². The van der Waals surface area contributed by atoms with E-state index in [0.717, 1.165) is 7.11 Å². The molecule has 14 nitrogen and oxygen atoms in total. The van der Waals surface area contributed by atoms with Crippen LogP contribution in [0.2, 0.25) is 0 Å². The summed E-state index contributed by atoms with van der Waals surface area (Å²) in [5, 5.41) is 0. The largest absolute Gasteiger partial charge is 0.397 e. The predicted molar refractivity (Wildman–Crippen MR) is 75.2 cm³/mol. The average Bonchev–Trinajstić information content (AvgIpc) is 2.38. The van der Waals surface area contributed by atoms with E-state index in [-0.39, 0.29) is 6.42 Å². The van der Waals surface area contributed by atoms with E-state index in [9.17, 15) is 25.3 Å². The molecule has 0 aliphatic carbocycles. The van der Waals surface area contributed by atoms with Crippen molar-refractivity contribution < 1.29 is 60.9 Å². The summed E-state index contributed by atoms with van der Waals surface area (Å²) in [5.41, 5.74) is 0. The molecule has 0 aromatic carbocycles. The molecule has 150 valence electrons. The third-order valence-corrected chi connectivity index (χ3v) is 4.32. The molecule has 0 aromatic rings. The molecule has 0 amide bonds. The first-order valence-corrected chi connectivity index (χ1v) is 10.4. The molecule has 1 aliphatic heterocycles. The van der Waals surface area contributed by atoms with E-state index in [4.69, 9.17) is 23.1 Å². The minimum absolute atomic E-state index is 0.0516. The van der Waals surface area contributed by atoms with E-state index in [0.29, 0.717) is 0 Å². The van der Waals surface area contributed by atoms with Crippen LogP contribution in [0.25, 0.3) is 0 Å². The maximum atomic E-state index is 11.0. The fourth-order valence-electron chi connectivity index (χ4n) is 2.15. The molecule has 0 radical (unpaired) electrons. The first-order valence-electron chi connectivity index (χ1n) is 6.32. The molecule has 3 N–H and O–H groups in total. The van der Waals surface area contributed by atoms with Crippen LogP contribution in [0.3, 0.4) is 0 Å². The quantitative estimate of drug-likeness (QED) is 0.366. The zero-order chi connectivity index (χ0) is 19.6. The molecule has 17 heteroatoms. The smallest absolute Gasteiger partial charge is 0.353 e. The Labute approximate surface area is 143 Å². The summed E-state index contributed by atoms with van der Waals surface area (Å²) in [5.74, 6) is 0. The van der Waals surface area contributed by atoms with Gasteiger partial charge in [-0.25, -0.2) is 12.5 Å². The van der Waals surface area contributed by atoms with Crippen LogP contribution in [-0.2, 0) is 53.2 Å². The lowest BCUT2D eigenvalue weighted by Crippen LogP contribution is -2.61. The summed E-state index contributed by atoms with van der Waals surface area (Å²) < 4.78 is 115. The highest BCUT2D eigenvalue weighted by atomic mass is 32.3. The van der Waals surface area contributed by atoms with Gasteiger partial charge in [-0.15, -0.1) is 0 Å². The molecule has 0 aromatic heterocycles. The first kappa shape index (κ1) is 22.6. The number of rotatable bonds is 8. The van der Waals surface area contributed by atoms with Crippen molar-refractivity contribution in [2.24, 2.45) is 0 Å².